The number of aromatic nitrogens is 1. The molecule has 0 atom stereocenters. The van der Waals surface area contributed by atoms with Gasteiger partial charge in [-0.2, -0.15) is 0 Å². The Morgan fingerprint density at radius 1 is 1.22 bits per heavy atom. The van der Waals surface area contributed by atoms with Gasteiger partial charge in [-0.3, -0.25) is 9.80 Å². The highest BCUT2D eigenvalue weighted by molar-refractivity contribution is 7.80. The Balaban J connectivity index is 1.71. The second kappa shape index (κ2) is 6.93. The number of methoxy groups -OCH3 is 1. The molecule has 1 fully saturated rings. The minimum atomic E-state index is 0.717. The van der Waals surface area contributed by atoms with Crippen LogP contribution in [0.2, 0.25) is 0 Å². The van der Waals surface area contributed by atoms with Crippen molar-refractivity contribution in [2.45, 2.75) is 13.5 Å². The number of hydrogen-bond acceptors (Lipinski definition) is 4. The Morgan fingerprint density at radius 2 is 2.00 bits per heavy atom. The summed E-state index contributed by atoms with van der Waals surface area (Å²) in [7, 11) is 1.68. The van der Waals surface area contributed by atoms with Crippen LogP contribution < -0.4 is 15.0 Å². The molecule has 6 heteroatoms. The van der Waals surface area contributed by atoms with Gasteiger partial charge in [-0.15, -0.1) is 0 Å². The summed E-state index contributed by atoms with van der Waals surface area (Å²) in [5, 5.41) is 3.98. The molecule has 0 aliphatic carbocycles. The van der Waals surface area contributed by atoms with Crippen molar-refractivity contribution in [2.75, 3.05) is 25.3 Å². The van der Waals surface area contributed by atoms with Crippen LogP contribution in [0, 0.1) is 6.92 Å². The number of thiocarbonyl (C=S) groups is 1. The van der Waals surface area contributed by atoms with E-state index in [4.69, 9.17) is 17.0 Å². The molecule has 0 radical (unpaired) electrons. The second-order valence-electron chi connectivity index (χ2n) is 5.52. The molecule has 120 valence electrons. The van der Waals surface area contributed by atoms with E-state index in [0.29, 0.717) is 11.8 Å². The van der Waals surface area contributed by atoms with Gasteiger partial charge in [-0.25, -0.2) is 4.98 Å². The normalized spacial score (nSPS) is 15.4. The van der Waals surface area contributed by atoms with Crippen LogP contribution in [0.5, 0.6) is 5.75 Å². The molecule has 0 amide bonds. The maximum Gasteiger partial charge on any atom is 0.176 e. The molecule has 1 aliphatic rings. The zero-order valence-electron chi connectivity index (χ0n) is 13.3. The van der Waals surface area contributed by atoms with Crippen LogP contribution in [0.4, 0.5) is 5.82 Å². The summed E-state index contributed by atoms with van der Waals surface area (Å²) >= 11 is 5.43. The summed E-state index contributed by atoms with van der Waals surface area (Å²) in [4.78, 5) is 8.87. The highest BCUT2D eigenvalue weighted by Gasteiger charge is 2.22. The first-order chi connectivity index (χ1) is 11.2. The molecule has 0 bridgehead atoms. The highest BCUT2D eigenvalue weighted by atomic mass is 32.1. The Morgan fingerprint density at radius 3 is 2.70 bits per heavy atom. The first-order valence-electron chi connectivity index (χ1n) is 7.50. The van der Waals surface area contributed by atoms with Gasteiger partial charge in [0.2, 0.25) is 0 Å². The van der Waals surface area contributed by atoms with E-state index in [9.17, 15) is 0 Å². The Kier molecular flexibility index (Phi) is 4.73. The predicted octanol–water partition coefficient (Wildman–Crippen LogP) is 2.51. The molecule has 3 rings (SSSR count). The smallest absolute Gasteiger partial charge is 0.176 e. The van der Waals surface area contributed by atoms with Crippen LogP contribution in [0.1, 0.15) is 11.3 Å². The van der Waals surface area contributed by atoms with E-state index >= 15 is 0 Å². The van der Waals surface area contributed by atoms with Crippen molar-refractivity contribution in [1.29, 1.82) is 0 Å². The molecule has 5 nitrogen and oxygen atoms in total. The number of anilines is 1. The summed E-state index contributed by atoms with van der Waals surface area (Å²) in [6.45, 7) is 4.27. The SMILES string of the molecule is COc1ccc(CN2CNC(=S)N(c3cccc(C)n3)C2)cc1. The largest absolute Gasteiger partial charge is 0.497 e. The third-order valence-electron chi connectivity index (χ3n) is 3.76. The third kappa shape index (κ3) is 3.78. The maximum atomic E-state index is 5.43. The number of ether oxygens (including phenoxy) is 1. The number of aryl methyl sites for hydroxylation is 1. The molecule has 0 saturated carbocycles. The monoisotopic (exact) mass is 328 g/mol. The molecule has 1 aromatic carbocycles. The fourth-order valence-electron chi connectivity index (χ4n) is 2.54. The number of pyridine rings is 1. The van der Waals surface area contributed by atoms with Gasteiger partial charge in [-0.1, -0.05) is 18.2 Å². The van der Waals surface area contributed by atoms with Crippen molar-refractivity contribution in [3.63, 3.8) is 0 Å². The standard InChI is InChI=1S/C17H20N4OS/c1-13-4-3-5-16(19-13)21-12-20(11-18-17(21)23)10-14-6-8-15(22-2)9-7-14/h3-9H,10-12H2,1-2H3,(H,18,23). The van der Waals surface area contributed by atoms with E-state index in [2.05, 4.69) is 27.3 Å². The van der Waals surface area contributed by atoms with Gasteiger partial charge >= 0.3 is 0 Å². The highest BCUT2D eigenvalue weighted by Crippen LogP contribution is 2.17. The molecular formula is C17H20N4OS. The molecule has 2 aromatic rings. The van der Waals surface area contributed by atoms with Crippen molar-refractivity contribution in [2.24, 2.45) is 0 Å². The number of nitrogens with one attached hydrogen (secondary N) is 1. The summed E-state index contributed by atoms with van der Waals surface area (Å²) in [5.74, 6) is 1.75. The summed E-state index contributed by atoms with van der Waals surface area (Å²) in [6.07, 6.45) is 0. The van der Waals surface area contributed by atoms with Crippen LogP contribution in [0.25, 0.3) is 0 Å². The first-order valence-corrected chi connectivity index (χ1v) is 7.91. The Hall–Kier alpha value is -2.18. The summed E-state index contributed by atoms with van der Waals surface area (Å²) < 4.78 is 5.20. The molecule has 23 heavy (non-hydrogen) atoms. The maximum absolute atomic E-state index is 5.43. The fraction of sp³-hybridized carbons (Fsp3) is 0.294. The van der Waals surface area contributed by atoms with E-state index < -0.39 is 0 Å². The number of rotatable bonds is 4. The fourth-order valence-corrected chi connectivity index (χ4v) is 2.76. The van der Waals surface area contributed by atoms with Gasteiger partial charge in [0, 0.05) is 12.2 Å². The zero-order valence-corrected chi connectivity index (χ0v) is 14.1. The van der Waals surface area contributed by atoms with E-state index in [0.717, 1.165) is 30.5 Å². The van der Waals surface area contributed by atoms with Gasteiger partial charge in [0.1, 0.15) is 11.6 Å². The lowest BCUT2D eigenvalue weighted by Gasteiger charge is -2.37. The van der Waals surface area contributed by atoms with Crippen molar-refractivity contribution in [3.8, 4) is 5.75 Å². The number of hydrogen-bond donors (Lipinski definition) is 1. The van der Waals surface area contributed by atoms with E-state index in [1.165, 1.54) is 5.56 Å². The number of nitrogens with zero attached hydrogens (tertiary/aromatic N) is 3. The van der Waals surface area contributed by atoms with Crippen molar-refractivity contribution in [1.82, 2.24) is 15.2 Å². The van der Waals surface area contributed by atoms with Crippen LogP contribution in [-0.2, 0) is 6.54 Å². The third-order valence-corrected chi connectivity index (χ3v) is 4.12. The van der Waals surface area contributed by atoms with Gasteiger partial charge in [0.25, 0.3) is 0 Å². The topological polar surface area (TPSA) is 40.6 Å². The quantitative estimate of drug-likeness (QED) is 0.870. The minimum Gasteiger partial charge on any atom is -0.497 e. The average Bonchev–Trinajstić information content (AvgIpc) is 2.57. The molecule has 2 heterocycles. The van der Waals surface area contributed by atoms with Crippen LogP contribution >= 0.6 is 12.2 Å². The lowest BCUT2D eigenvalue weighted by atomic mass is 10.2. The average molecular weight is 328 g/mol. The van der Waals surface area contributed by atoms with E-state index in [1.54, 1.807) is 7.11 Å². The second-order valence-corrected chi connectivity index (χ2v) is 5.91. The minimum absolute atomic E-state index is 0.717. The summed E-state index contributed by atoms with van der Waals surface area (Å²) in [6, 6.07) is 14.1. The molecule has 1 N–H and O–H groups in total. The predicted molar refractivity (Wildman–Crippen MR) is 95.5 cm³/mol. The summed E-state index contributed by atoms with van der Waals surface area (Å²) in [5.41, 5.74) is 2.22. The Labute approximate surface area is 141 Å². The van der Waals surface area contributed by atoms with Gasteiger partial charge in [-0.05, 0) is 49.0 Å². The van der Waals surface area contributed by atoms with Gasteiger partial charge in [0.05, 0.1) is 20.4 Å². The molecule has 0 spiro atoms. The van der Waals surface area contributed by atoms with E-state index in [1.807, 2.05) is 42.2 Å². The van der Waals surface area contributed by atoms with Crippen LogP contribution in [0.15, 0.2) is 42.5 Å². The molecule has 1 saturated heterocycles. The lowest BCUT2D eigenvalue weighted by molar-refractivity contribution is 0.252. The molecule has 1 aromatic heterocycles. The van der Waals surface area contributed by atoms with Gasteiger partial charge in [0.15, 0.2) is 5.11 Å². The van der Waals surface area contributed by atoms with Crippen LogP contribution in [-0.4, -0.2) is 35.4 Å². The van der Waals surface area contributed by atoms with Crippen LogP contribution in [0.3, 0.4) is 0 Å². The number of benzene rings is 1. The van der Waals surface area contributed by atoms with Crippen molar-refractivity contribution < 1.29 is 4.74 Å². The Bertz CT molecular complexity index is 689. The van der Waals surface area contributed by atoms with Crippen molar-refractivity contribution in [3.05, 3.63) is 53.7 Å². The molecule has 0 unspecified atom stereocenters. The lowest BCUT2D eigenvalue weighted by Crippen LogP contribution is -2.56. The molecular weight excluding hydrogens is 308 g/mol. The van der Waals surface area contributed by atoms with Crippen molar-refractivity contribution >= 4 is 23.1 Å². The molecule has 1 aliphatic heterocycles. The van der Waals surface area contributed by atoms with E-state index in [-0.39, 0.29) is 0 Å². The zero-order chi connectivity index (χ0) is 16.2. The van der Waals surface area contributed by atoms with Gasteiger partial charge < -0.3 is 10.1 Å². The first kappa shape index (κ1) is 15.7.